The minimum Gasteiger partial charge on any atom is -0.480 e. The summed E-state index contributed by atoms with van der Waals surface area (Å²) in [4.78, 5) is 40.2. The van der Waals surface area contributed by atoms with E-state index >= 15 is 0 Å². The molecule has 0 saturated carbocycles. The second-order valence-electron chi connectivity index (χ2n) is 3.49. The third-order valence-electron chi connectivity index (χ3n) is 1.57. The van der Waals surface area contributed by atoms with Crippen molar-refractivity contribution in [2.45, 2.75) is 25.9 Å². The summed E-state index contributed by atoms with van der Waals surface area (Å²) in [5.74, 6) is -3.42. The Morgan fingerprint density at radius 2 is 1.10 bits per heavy atom. The van der Waals surface area contributed by atoms with Crippen molar-refractivity contribution in [1.29, 1.82) is 0 Å². The molecule has 2 atom stereocenters. The van der Waals surface area contributed by atoms with Crippen LogP contribution in [0.2, 0.25) is 0 Å². The molecule has 0 rings (SSSR count). The molecule has 0 fully saturated rings. The van der Waals surface area contributed by atoms with Crippen LogP contribution in [0.15, 0.2) is 0 Å². The molecule has 0 radical (unpaired) electrons. The van der Waals surface area contributed by atoms with E-state index in [9.17, 15) is 19.2 Å². The molecule has 0 saturated heterocycles. The summed E-state index contributed by atoms with van der Waals surface area (Å²) < 4.78 is 8.64. The predicted octanol–water partition coefficient (Wildman–Crippen LogP) is -2.08. The Morgan fingerprint density at radius 1 is 0.850 bits per heavy atom. The quantitative estimate of drug-likeness (QED) is 0.397. The third kappa shape index (κ3) is 13.9. The average Bonchev–Trinajstić information content (AvgIpc) is 2.33. The van der Waals surface area contributed by atoms with Crippen LogP contribution in [0.1, 0.15) is 13.8 Å². The highest BCUT2D eigenvalue weighted by molar-refractivity contribution is 5.74. The smallest absolute Gasteiger partial charge is 0.324 e. The largest absolute Gasteiger partial charge is 0.480 e. The number of carbonyl (C=O) groups excluding carboxylic acids is 2. The maximum Gasteiger partial charge on any atom is 0.324 e. The first kappa shape index (κ1) is 20.1. The van der Waals surface area contributed by atoms with Crippen LogP contribution in [-0.2, 0) is 28.7 Å². The number of hydrogen-bond acceptors (Lipinski definition) is 8. The molecule has 0 heterocycles. The Kier molecular flexibility index (Phi) is 10.8. The molecule has 0 aromatic heterocycles. The summed E-state index contributed by atoms with van der Waals surface area (Å²) in [7, 11) is 0. The van der Waals surface area contributed by atoms with Gasteiger partial charge in [0.05, 0.1) is 0 Å². The highest BCUT2D eigenvalue weighted by Crippen LogP contribution is 1.82. The van der Waals surface area contributed by atoms with E-state index in [4.69, 9.17) is 21.7 Å². The minimum absolute atomic E-state index is 0.273. The number of carbonyl (C=O) groups is 4. The van der Waals surface area contributed by atoms with Crippen LogP contribution in [-0.4, -0.2) is 59.4 Å². The lowest BCUT2D eigenvalue weighted by molar-refractivity contribution is -0.148. The summed E-state index contributed by atoms with van der Waals surface area (Å²) >= 11 is 0. The van der Waals surface area contributed by atoms with Crippen molar-refractivity contribution < 1.29 is 38.9 Å². The SMILES string of the molecule is CC(=O)OCC(N)C(=O)O.CC(=O)OCC(N)C(=O)O. The number of carboxylic acids is 2. The van der Waals surface area contributed by atoms with Gasteiger partial charge in [0.15, 0.2) is 0 Å². The molecule has 10 nitrogen and oxygen atoms in total. The monoisotopic (exact) mass is 294 g/mol. The predicted molar refractivity (Wildman–Crippen MR) is 64.5 cm³/mol. The average molecular weight is 294 g/mol. The van der Waals surface area contributed by atoms with Crippen LogP contribution < -0.4 is 11.5 Å². The Balaban J connectivity index is 0. The summed E-state index contributed by atoms with van der Waals surface area (Å²) in [6, 6.07) is -2.24. The number of carboxylic acid groups (broad SMARTS) is 2. The van der Waals surface area contributed by atoms with E-state index in [-0.39, 0.29) is 13.2 Å². The Bertz CT molecular complexity index is 323. The van der Waals surface area contributed by atoms with E-state index in [1.165, 1.54) is 13.8 Å². The first-order chi connectivity index (χ1) is 9.07. The molecule has 0 spiro atoms. The standard InChI is InChI=1S/2C5H9NO4/c2*1-3(7)10-2-4(6)5(8)9/h2*4H,2,6H2,1H3,(H,8,9). The zero-order valence-electron chi connectivity index (χ0n) is 11.1. The molecule has 6 N–H and O–H groups in total. The van der Waals surface area contributed by atoms with Crippen molar-refractivity contribution in [3.8, 4) is 0 Å². The van der Waals surface area contributed by atoms with Gasteiger partial charge in [0.25, 0.3) is 0 Å². The van der Waals surface area contributed by atoms with Gasteiger partial charge < -0.3 is 31.2 Å². The van der Waals surface area contributed by atoms with E-state index in [1.807, 2.05) is 0 Å². The van der Waals surface area contributed by atoms with Crippen LogP contribution in [0.5, 0.6) is 0 Å². The van der Waals surface area contributed by atoms with Crippen LogP contribution in [0.25, 0.3) is 0 Å². The second-order valence-corrected chi connectivity index (χ2v) is 3.49. The van der Waals surface area contributed by atoms with E-state index < -0.39 is 36.0 Å². The lowest BCUT2D eigenvalue weighted by Gasteiger charge is -2.04. The van der Waals surface area contributed by atoms with Gasteiger partial charge >= 0.3 is 23.9 Å². The summed E-state index contributed by atoms with van der Waals surface area (Å²) in [6.07, 6.45) is 0. The van der Waals surface area contributed by atoms with Crippen molar-refractivity contribution in [3.63, 3.8) is 0 Å². The number of ether oxygens (including phenoxy) is 2. The third-order valence-corrected chi connectivity index (χ3v) is 1.57. The molecule has 2 unspecified atom stereocenters. The molecular weight excluding hydrogens is 276 g/mol. The summed E-state index contributed by atoms with van der Waals surface area (Å²) in [5, 5.41) is 16.4. The maximum absolute atomic E-state index is 10.1. The van der Waals surface area contributed by atoms with Gasteiger partial charge in [0, 0.05) is 13.8 Å². The van der Waals surface area contributed by atoms with Gasteiger partial charge in [-0.2, -0.15) is 0 Å². The highest BCUT2D eigenvalue weighted by atomic mass is 16.5. The van der Waals surface area contributed by atoms with Crippen molar-refractivity contribution >= 4 is 23.9 Å². The van der Waals surface area contributed by atoms with Gasteiger partial charge in [-0.25, -0.2) is 0 Å². The van der Waals surface area contributed by atoms with Crippen molar-refractivity contribution in [2.75, 3.05) is 13.2 Å². The Morgan fingerprint density at radius 3 is 1.25 bits per heavy atom. The van der Waals surface area contributed by atoms with Crippen molar-refractivity contribution in [3.05, 3.63) is 0 Å². The topological polar surface area (TPSA) is 179 Å². The zero-order chi connectivity index (χ0) is 16.3. The van der Waals surface area contributed by atoms with Crippen LogP contribution in [0.3, 0.4) is 0 Å². The van der Waals surface area contributed by atoms with Gasteiger partial charge in [-0.05, 0) is 0 Å². The molecule has 0 aliphatic carbocycles. The van der Waals surface area contributed by atoms with Gasteiger partial charge in [0.1, 0.15) is 25.3 Å². The molecule has 0 bridgehead atoms. The second kappa shape index (κ2) is 10.7. The molecule has 116 valence electrons. The first-order valence-corrected chi connectivity index (χ1v) is 5.31. The number of nitrogens with two attached hydrogens (primary N) is 2. The maximum atomic E-state index is 10.1. The molecule has 0 amide bonds. The number of aliphatic carboxylic acids is 2. The molecule has 20 heavy (non-hydrogen) atoms. The first-order valence-electron chi connectivity index (χ1n) is 5.31. The van der Waals surface area contributed by atoms with E-state index in [0.29, 0.717) is 0 Å². The number of esters is 2. The lowest BCUT2D eigenvalue weighted by atomic mass is 10.3. The minimum atomic E-state index is -1.18. The summed E-state index contributed by atoms with van der Waals surface area (Å²) in [5.41, 5.74) is 9.98. The van der Waals surface area contributed by atoms with E-state index in [1.54, 1.807) is 0 Å². The van der Waals surface area contributed by atoms with Gasteiger partial charge in [-0.15, -0.1) is 0 Å². The fraction of sp³-hybridized carbons (Fsp3) is 0.600. The van der Waals surface area contributed by atoms with Gasteiger partial charge in [-0.3, -0.25) is 19.2 Å². The fourth-order valence-electron chi connectivity index (χ4n) is 0.557. The number of rotatable bonds is 6. The van der Waals surface area contributed by atoms with E-state index in [2.05, 4.69) is 9.47 Å². The van der Waals surface area contributed by atoms with Crippen molar-refractivity contribution in [2.24, 2.45) is 11.5 Å². The summed E-state index contributed by atoms with van der Waals surface area (Å²) in [6.45, 7) is 1.83. The van der Waals surface area contributed by atoms with Crippen LogP contribution in [0, 0.1) is 0 Å². The highest BCUT2D eigenvalue weighted by Gasteiger charge is 2.12. The fourth-order valence-corrected chi connectivity index (χ4v) is 0.557. The number of hydrogen-bond donors (Lipinski definition) is 4. The van der Waals surface area contributed by atoms with Crippen molar-refractivity contribution in [1.82, 2.24) is 0 Å². The normalized spacial score (nSPS) is 12.2. The van der Waals surface area contributed by atoms with Crippen LogP contribution in [0.4, 0.5) is 0 Å². The lowest BCUT2D eigenvalue weighted by Crippen LogP contribution is -2.35. The molecule has 0 aromatic rings. The van der Waals surface area contributed by atoms with Gasteiger partial charge in [-0.1, -0.05) is 0 Å². The molecule has 0 aliphatic rings. The molecule has 10 heteroatoms. The van der Waals surface area contributed by atoms with Gasteiger partial charge in [0.2, 0.25) is 0 Å². The van der Waals surface area contributed by atoms with E-state index in [0.717, 1.165) is 0 Å². The zero-order valence-corrected chi connectivity index (χ0v) is 11.1. The Labute approximate surface area is 114 Å². The Hall–Kier alpha value is -2.20. The molecule has 0 aliphatic heterocycles. The molecular formula is C10H18N2O8. The molecule has 0 aromatic carbocycles. The van der Waals surface area contributed by atoms with Crippen LogP contribution >= 0.6 is 0 Å².